The number of alkyl halides is 3. The van der Waals surface area contributed by atoms with Crippen molar-refractivity contribution in [3.8, 4) is 6.01 Å². The highest BCUT2D eigenvalue weighted by molar-refractivity contribution is 5.66. The Morgan fingerprint density at radius 3 is 2.21 bits per heavy atom. The average Bonchev–Trinajstić information content (AvgIpc) is 2.15. The number of hydrogen-bond donors (Lipinski definition) is 0. The number of halogens is 3. The van der Waals surface area contributed by atoms with Crippen LogP contribution < -0.4 is 4.74 Å². The molecule has 1 heterocycles. The summed E-state index contributed by atoms with van der Waals surface area (Å²) in [6, 6.07) is 0.0173. The van der Waals surface area contributed by atoms with E-state index in [9.17, 15) is 13.2 Å². The fraction of sp³-hybridized carbons (Fsp3) is 0.250. The van der Waals surface area contributed by atoms with E-state index >= 15 is 0 Å². The third kappa shape index (κ3) is 2.21. The van der Waals surface area contributed by atoms with Crippen LogP contribution in [0, 0.1) is 0 Å². The predicted molar refractivity (Wildman–Crippen MR) is 43.7 cm³/mol. The molecule has 0 aliphatic rings. The molecule has 0 spiro atoms. The lowest BCUT2D eigenvalue weighted by Crippen LogP contribution is -2.10. The van der Waals surface area contributed by atoms with Gasteiger partial charge in [0.1, 0.15) is 0 Å². The Morgan fingerprint density at radius 1 is 1.36 bits per heavy atom. The maximum absolute atomic E-state index is 12.1. The zero-order valence-corrected chi connectivity index (χ0v) is 7.30. The molecule has 0 radical (unpaired) electrons. The van der Waals surface area contributed by atoms with Gasteiger partial charge in [0, 0.05) is 18.0 Å². The molecule has 0 fully saturated rings. The fourth-order valence-electron chi connectivity index (χ4n) is 0.741. The molecule has 0 atom stereocenters. The topological polar surface area (TPSA) is 35.0 Å². The van der Waals surface area contributed by atoms with E-state index in [2.05, 4.69) is 21.3 Å². The van der Waals surface area contributed by atoms with Crippen LogP contribution in [-0.4, -0.2) is 23.3 Å². The number of ether oxygens (including phenoxy) is 1. The van der Waals surface area contributed by atoms with Crippen LogP contribution in [0.4, 0.5) is 13.2 Å². The summed E-state index contributed by atoms with van der Waals surface area (Å²) in [5.41, 5.74) is -1.14. The van der Waals surface area contributed by atoms with Gasteiger partial charge in [-0.05, 0) is 0 Å². The molecule has 0 amide bonds. The third-order valence-electron chi connectivity index (χ3n) is 1.50. The van der Waals surface area contributed by atoms with Crippen LogP contribution in [0.2, 0.25) is 0 Å². The zero-order valence-electron chi connectivity index (χ0n) is 7.30. The van der Waals surface area contributed by atoms with Crippen molar-refractivity contribution in [3.63, 3.8) is 0 Å². The summed E-state index contributed by atoms with van der Waals surface area (Å²) >= 11 is 0. The van der Waals surface area contributed by atoms with Crippen molar-refractivity contribution in [1.29, 1.82) is 0 Å². The molecule has 14 heavy (non-hydrogen) atoms. The highest BCUT2D eigenvalue weighted by atomic mass is 19.4. The van der Waals surface area contributed by atoms with Crippen LogP contribution in [-0.2, 0) is 0 Å². The van der Waals surface area contributed by atoms with E-state index in [4.69, 9.17) is 0 Å². The number of methoxy groups -OCH3 is 1. The van der Waals surface area contributed by atoms with Gasteiger partial charge in [-0.3, -0.25) is 0 Å². The predicted octanol–water partition coefficient (Wildman–Crippen LogP) is 2.06. The molecule has 76 valence electrons. The van der Waals surface area contributed by atoms with Crippen LogP contribution in [0.5, 0.6) is 6.01 Å². The van der Waals surface area contributed by atoms with E-state index in [0.29, 0.717) is 0 Å². The van der Waals surface area contributed by atoms with Gasteiger partial charge in [-0.25, -0.2) is 9.97 Å². The van der Waals surface area contributed by atoms with Crippen LogP contribution >= 0.6 is 0 Å². The van der Waals surface area contributed by atoms with Crippen molar-refractivity contribution in [1.82, 2.24) is 9.97 Å². The first kappa shape index (κ1) is 10.5. The summed E-state index contributed by atoms with van der Waals surface area (Å²) in [6.45, 7) is 2.91. The minimum atomic E-state index is -4.46. The molecule has 0 aromatic carbocycles. The van der Waals surface area contributed by atoms with Gasteiger partial charge in [0.25, 0.3) is 0 Å². The molecule has 0 N–H and O–H groups in total. The lowest BCUT2D eigenvalue weighted by atomic mass is 10.1. The standard InChI is InChI=1S/C8H7F3N2O/c1-5(8(9,10)11)6-3-12-7(14-2)13-4-6/h3-4H,1H2,2H3. The molecule has 0 aliphatic heterocycles. The van der Waals surface area contributed by atoms with E-state index in [0.717, 1.165) is 12.4 Å². The molecular formula is C8H7F3N2O. The SMILES string of the molecule is C=C(c1cnc(OC)nc1)C(F)(F)F. The van der Waals surface area contributed by atoms with Gasteiger partial charge in [-0.15, -0.1) is 0 Å². The highest BCUT2D eigenvalue weighted by Gasteiger charge is 2.33. The maximum Gasteiger partial charge on any atom is 0.416 e. The largest absolute Gasteiger partial charge is 0.467 e. The van der Waals surface area contributed by atoms with E-state index in [1.165, 1.54) is 7.11 Å². The summed E-state index contributed by atoms with van der Waals surface area (Å²) in [7, 11) is 1.33. The Kier molecular flexibility index (Phi) is 2.73. The van der Waals surface area contributed by atoms with Gasteiger partial charge < -0.3 is 4.74 Å². The van der Waals surface area contributed by atoms with Gasteiger partial charge in [-0.2, -0.15) is 13.2 Å². The van der Waals surface area contributed by atoms with Gasteiger partial charge in [-0.1, -0.05) is 6.58 Å². The maximum atomic E-state index is 12.1. The molecule has 0 saturated carbocycles. The lowest BCUT2D eigenvalue weighted by Gasteiger charge is -2.08. The Balaban J connectivity index is 2.93. The molecule has 0 bridgehead atoms. The molecule has 1 aromatic heterocycles. The Morgan fingerprint density at radius 2 is 1.86 bits per heavy atom. The number of hydrogen-bond acceptors (Lipinski definition) is 3. The van der Waals surface area contributed by atoms with Crippen LogP contribution in [0.15, 0.2) is 19.0 Å². The molecule has 0 aliphatic carbocycles. The quantitative estimate of drug-likeness (QED) is 0.739. The van der Waals surface area contributed by atoms with E-state index in [1.54, 1.807) is 0 Å². The number of nitrogens with zero attached hydrogens (tertiary/aromatic N) is 2. The molecule has 0 saturated heterocycles. The Labute approximate surface area is 78.3 Å². The minimum absolute atomic E-state index is 0.0173. The molecule has 1 aromatic rings. The summed E-state index contributed by atoms with van der Waals surface area (Å²) in [4.78, 5) is 7.08. The number of aromatic nitrogens is 2. The molecule has 3 nitrogen and oxygen atoms in total. The van der Waals surface area contributed by atoms with Crippen molar-refractivity contribution in [2.75, 3.05) is 7.11 Å². The summed E-state index contributed by atoms with van der Waals surface area (Å²) in [5.74, 6) is 0. The molecule has 0 unspecified atom stereocenters. The second-order valence-corrected chi connectivity index (χ2v) is 2.43. The number of allylic oxidation sites excluding steroid dienone is 1. The molecular weight excluding hydrogens is 197 g/mol. The summed E-state index contributed by atoms with van der Waals surface area (Å²) in [5, 5.41) is 0. The van der Waals surface area contributed by atoms with Gasteiger partial charge in [0.2, 0.25) is 0 Å². The number of rotatable bonds is 2. The van der Waals surface area contributed by atoms with Gasteiger partial charge in [0.15, 0.2) is 0 Å². The van der Waals surface area contributed by atoms with E-state index in [-0.39, 0.29) is 11.6 Å². The smallest absolute Gasteiger partial charge is 0.416 e. The van der Waals surface area contributed by atoms with Gasteiger partial charge in [0.05, 0.1) is 12.7 Å². The minimum Gasteiger partial charge on any atom is -0.467 e. The second kappa shape index (κ2) is 3.65. The molecule has 1 rings (SSSR count). The fourth-order valence-corrected chi connectivity index (χ4v) is 0.741. The van der Waals surface area contributed by atoms with Crippen LogP contribution in [0.3, 0.4) is 0 Å². The lowest BCUT2D eigenvalue weighted by molar-refractivity contribution is -0.0687. The second-order valence-electron chi connectivity index (χ2n) is 2.43. The highest BCUT2D eigenvalue weighted by Crippen LogP contribution is 2.31. The zero-order chi connectivity index (χ0) is 10.8. The summed E-state index contributed by atoms with van der Waals surface area (Å²) < 4.78 is 41.0. The van der Waals surface area contributed by atoms with E-state index < -0.39 is 11.7 Å². The third-order valence-corrected chi connectivity index (χ3v) is 1.50. The Hall–Kier alpha value is -1.59. The molecule has 6 heteroatoms. The first-order valence-electron chi connectivity index (χ1n) is 3.57. The Bertz CT molecular complexity index is 331. The van der Waals surface area contributed by atoms with Gasteiger partial charge >= 0.3 is 12.2 Å². The monoisotopic (exact) mass is 204 g/mol. The first-order chi connectivity index (χ1) is 6.45. The van der Waals surface area contributed by atoms with Crippen LogP contribution in [0.1, 0.15) is 5.56 Å². The summed E-state index contributed by atoms with van der Waals surface area (Å²) in [6.07, 6.45) is -2.43. The first-order valence-corrected chi connectivity index (χ1v) is 3.57. The van der Waals surface area contributed by atoms with Crippen molar-refractivity contribution in [3.05, 3.63) is 24.5 Å². The van der Waals surface area contributed by atoms with Crippen LogP contribution in [0.25, 0.3) is 5.57 Å². The van der Waals surface area contributed by atoms with E-state index in [1.807, 2.05) is 0 Å². The van der Waals surface area contributed by atoms with Crippen molar-refractivity contribution in [2.24, 2.45) is 0 Å². The van der Waals surface area contributed by atoms with Crippen molar-refractivity contribution >= 4 is 5.57 Å². The van der Waals surface area contributed by atoms with Crippen molar-refractivity contribution in [2.45, 2.75) is 6.18 Å². The normalized spacial score (nSPS) is 11.1. The average molecular weight is 204 g/mol. The van der Waals surface area contributed by atoms with Crippen molar-refractivity contribution < 1.29 is 17.9 Å².